The highest BCUT2D eigenvalue weighted by molar-refractivity contribution is 8.26. The molecule has 2 aliphatic heterocycles. The van der Waals surface area contributed by atoms with Gasteiger partial charge in [-0.25, -0.2) is 0 Å². The van der Waals surface area contributed by atoms with E-state index < -0.39 is 0 Å². The lowest BCUT2D eigenvalue weighted by atomic mass is 9.96. The van der Waals surface area contributed by atoms with E-state index in [0.717, 1.165) is 19.3 Å². The number of nitrogens with zero attached hydrogens (tertiary/aromatic N) is 4. The topological polar surface area (TPSA) is 109 Å². The number of carbonyl (C=O) groups is 2. The Morgan fingerprint density at radius 3 is 2.82 bits per heavy atom. The van der Waals surface area contributed by atoms with Crippen LogP contribution in [0, 0.1) is 24.2 Å². The maximum Gasteiger partial charge on any atom is 0.310 e. The number of carbonyl (C=O) groups excluding carboxylic acids is 2. The molecule has 2 saturated heterocycles. The van der Waals surface area contributed by atoms with Crippen molar-refractivity contribution in [1.29, 1.82) is 5.26 Å². The molecule has 2 fully saturated rings. The first kappa shape index (κ1) is 28.6. The number of anilines is 1. The molecule has 0 N–H and O–H groups in total. The second-order valence-corrected chi connectivity index (χ2v) is 11.2. The fraction of sp³-hybridized carbons (Fsp3) is 0.464. The molecule has 0 bridgehead atoms. The lowest BCUT2D eigenvalue weighted by Gasteiger charge is -2.36. The molecule has 206 valence electrons. The van der Waals surface area contributed by atoms with Gasteiger partial charge in [-0.15, -0.1) is 0 Å². The Hall–Kier alpha value is -3.36. The van der Waals surface area contributed by atoms with E-state index >= 15 is 0 Å². The Balaban J connectivity index is 1.83. The van der Waals surface area contributed by atoms with Crippen LogP contribution >= 0.6 is 24.0 Å². The van der Waals surface area contributed by atoms with Crippen LogP contribution in [-0.2, 0) is 27.4 Å². The highest BCUT2D eigenvalue weighted by atomic mass is 32.2. The molecule has 0 saturated carbocycles. The number of thiocarbonyl (C=S) groups is 1. The summed E-state index contributed by atoms with van der Waals surface area (Å²) in [5.74, 6) is 0.386. The first-order chi connectivity index (χ1) is 18.8. The average Bonchev–Trinajstić information content (AvgIpc) is 3.54. The molecule has 1 amide bonds. The van der Waals surface area contributed by atoms with Gasteiger partial charge in [-0.3, -0.25) is 23.9 Å². The molecule has 2 aromatic heterocycles. The normalized spacial score (nSPS) is 18.6. The number of ether oxygens (including phenoxy) is 1. The quantitative estimate of drug-likeness (QED) is 0.243. The molecule has 2 aliphatic rings. The molecule has 4 rings (SSSR count). The number of pyridine rings is 1. The predicted molar refractivity (Wildman–Crippen MR) is 154 cm³/mol. The zero-order chi connectivity index (χ0) is 28.1. The highest BCUT2D eigenvalue weighted by Crippen LogP contribution is 2.37. The van der Waals surface area contributed by atoms with E-state index in [2.05, 4.69) is 6.07 Å². The van der Waals surface area contributed by atoms with Gasteiger partial charge in [0.15, 0.2) is 0 Å². The minimum absolute atomic E-state index is 0.0473. The van der Waals surface area contributed by atoms with E-state index in [4.69, 9.17) is 21.4 Å². The molecular formula is C28H32N4O5S2. The molecular weight excluding hydrogens is 536 g/mol. The molecule has 1 atom stereocenters. The van der Waals surface area contributed by atoms with Crippen molar-refractivity contribution in [1.82, 2.24) is 9.47 Å². The number of esters is 1. The first-order valence-corrected chi connectivity index (χ1v) is 14.4. The van der Waals surface area contributed by atoms with Crippen LogP contribution in [0.1, 0.15) is 62.0 Å². The van der Waals surface area contributed by atoms with E-state index in [-0.39, 0.29) is 35.5 Å². The van der Waals surface area contributed by atoms with Crippen molar-refractivity contribution >= 4 is 52.1 Å². The van der Waals surface area contributed by atoms with Crippen LogP contribution < -0.4 is 10.5 Å². The summed E-state index contributed by atoms with van der Waals surface area (Å²) >= 11 is 6.69. The number of amides is 1. The average molecular weight is 569 g/mol. The van der Waals surface area contributed by atoms with Gasteiger partial charge in [-0.1, -0.05) is 37.3 Å². The maximum absolute atomic E-state index is 13.5. The monoisotopic (exact) mass is 568 g/mol. The fourth-order valence-corrected chi connectivity index (χ4v) is 6.19. The second-order valence-electron chi connectivity index (χ2n) is 9.54. The van der Waals surface area contributed by atoms with E-state index in [0.29, 0.717) is 64.6 Å². The number of unbranched alkanes of at least 4 members (excludes halogenated alkanes) is 1. The van der Waals surface area contributed by atoms with Crippen LogP contribution in [0.5, 0.6) is 0 Å². The molecule has 0 aliphatic carbocycles. The van der Waals surface area contributed by atoms with Gasteiger partial charge in [0.1, 0.15) is 27.5 Å². The number of hydrogen-bond donors (Lipinski definition) is 0. The number of rotatable bonds is 9. The Morgan fingerprint density at radius 2 is 2.15 bits per heavy atom. The van der Waals surface area contributed by atoms with E-state index in [1.807, 2.05) is 11.8 Å². The van der Waals surface area contributed by atoms with Gasteiger partial charge in [0.05, 0.1) is 30.2 Å². The lowest BCUT2D eigenvalue weighted by Crippen LogP contribution is -2.43. The first-order valence-electron chi connectivity index (χ1n) is 13.2. The number of nitriles is 1. The summed E-state index contributed by atoms with van der Waals surface area (Å²) in [6.07, 6.45) is 6.32. The van der Waals surface area contributed by atoms with Gasteiger partial charge in [0.25, 0.3) is 11.5 Å². The lowest BCUT2D eigenvalue weighted by molar-refractivity contribution is -0.148. The summed E-state index contributed by atoms with van der Waals surface area (Å²) < 4.78 is 12.7. The second kappa shape index (κ2) is 12.7. The zero-order valence-electron chi connectivity index (χ0n) is 22.4. The van der Waals surface area contributed by atoms with Gasteiger partial charge in [-0.05, 0) is 56.9 Å². The van der Waals surface area contributed by atoms with Crippen LogP contribution in [0.25, 0.3) is 6.08 Å². The third kappa shape index (κ3) is 5.97. The third-order valence-corrected chi connectivity index (χ3v) is 8.34. The van der Waals surface area contributed by atoms with Crippen molar-refractivity contribution in [2.24, 2.45) is 5.92 Å². The van der Waals surface area contributed by atoms with Crippen LogP contribution in [0.3, 0.4) is 0 Å². The molecule has 9 nitrogen and oxygen atoms in total. The molecule has 2 aromatic rings. The van der Waals surface area contributed by atoms with Crippen LogP contribution in [-0.4, -0.2) is 45.4 Å². The minimum Gasteiger partial charge on any atom is -0.467 e. The van der Waals surface area contributed by atoms with Crippen LogP contribution in [0.2, 0.25) is 0 Å². The molecule has 0 spiro atoms. The number of furan rings is 1. The molecule has 0 radical (unpaired) electrons. The number of thioether (sulfide) groups is 1. The molecule has 4 heterocycles. The van der Waals surface area contributed by atoms with Crippen molar-refractivity contribution in [2.45, 2.75) is 59.5 Å². The number of hydrogen-bond acceptors (Lipinski definition) is 9. The van der Waals surface area contributed by atoms with E-state index in [1.165, 1.54) is 16.7 Å². The Labute approximate surface area is 237 Å². The Morgan fingerprint density at radius 1 is 1.36 bits per heavy atom. The maximum atomic E-state index is 13.5. The smallest absolute Gasteiger partial charge is 0.310 e. The fourth-order valence-electron chi connectivity index (χ4n) is 4.96. The zero-order valence-corrected chi connectivity index (χ0v) is 24.0. The number of aromatic nitrogens is 1. The van der Waals surface area contributed by atoms with Crippen molar-refractivity contribution in [3.63, 3.8) is 0 Å². The molecule has 39 heavy (non-hydrogen) atoms. The summed E-state index contributed by atoms with van der Waals surface area (Å²) in [5.41, 5.74) is 0.801. The third-order valence-electron chi connectivity index (χ3n) is 6.97. The van der Waals surface area contributed by atoms with Crippen molar-refractivity contribution < 1.29 is 18.7 Å². The Bertz CT molecular complexity index is 1390. The highest BCUT2D eigenvalue weighted by Gasteiger charge is 2.35. The van der Waals surface area contributed by atoms with Gasteiger partial charge in [0.2, 0.25) is 0 Å². The van der Waals surface area contributed by atoms with Gasteiger partial charge in [-0.2, -0.15) is 5.26 Å². The summed E-state index contributed by atoms with van der Waals surface area (Å²) in [4.78, 5) is 43.5. The summed E-state index contributed by atoms with van der Waals surface area (Å²) in [6.45, 7) is 7.50. The van der Waals surface area contributed by atoms with Gasteiger partial charge >= 0.3 is 5.97 Å². The van der Waals surface area contributed by atoms with Crippen LogP contribution in [0.15, 0.2) is 32.5 Å². The molecule has 1 unspecified atom stereocenters. The SMILES string of the molecule is CCCCn1c(N2CCCC(C(=O)OCC)C2)c(C=C2SC(=S)N(Cc3ccco3)C2=O)c(C)c(C#N)c1=O. The Kier molecular flexibility index (Phi) is 9.30. The van der Waals surface area contributed by atoms with Crippen LogP contribution in [0.4, 0.5) is 5.82 Å². The summed E-state index contributed by atoms with van der Waals surface area (Å²) in [5, 5.41) is 9.92. The van der Waals surface area contributed by atoms with Gasteiger partial charge < -0.3 is 14.1 Å². The number of piperidine rings is 1. The van der Waals surface area contributed by atoms with Gasteiger partial charge in [0, 0.05) is 25.2 Å². The minimum atomic E-state index is -0.362. The summed E-state index contributed by atoms with van der Waals surface area (Å²) in [6, 6.07) is 5.62. The largest absolute Gasteiger partial charge is 0.467 e. The van der Waals surface area contributed by atoms with E-state index in [9.17, 15) is 19.6 Å². The van der Waals surface area contributed by atoms with Crippen molar-refractivity contribution in [3.8, 4) is 6.07 Å². The van der Waals surface area contributed by atoms with Crippen molar-refractivity contribution in [2.75, 3.05) is 24.6 Å². The molecule has 11 heteroatoms. The van der Waals surface area contributed by atoms with E-state index in [1.54, 1.807) is 42.9 Å². The molecule has 0 aromatic carbocycles. The van der Waals surface area contributed by atoms with Crippen molar-refractivity contribution in [3.05, 3.63) is 56.1 Å². The predicted octanol–water partition coefficient (Wildman–Crippen LogP) is 4.60. The summed E-state index contributed by atoms with van der Waals surface area (Å²) in [7, 11) is 0. The standard InChI is InChI=1S/C28H32N4O5S2/c1-4-6-12-31-24(30-11-7-9-19(16-30)27(35)36-5-2)21(18(3)22(15-29)25(31)33)14-23-26(34)32(28(38)39-23)17-20-10-8-13-37-20/h8,10,13-14,19H,4-7,9,11-12,16-17H2,1-3H3.